The third-order valence-electron chi connectivity index (χ3n) is 4.49. The van der Waals surface area contributed by atoms with Crippen molar-refractivity contribution in [3.05, 3.63) is 51.4 Å². The highest BCUT2D eigenvalue weighted by Crippen LogP contribution is 2.28. The third-order valence-corrected chi connectivity index (χ3v) is 7.40. The number of ether oxygens (including phenoxy) is 1. The molecule has 0 atom stereocenters. The lowest BCUT2D eigenvalue weighted by molar-refractivity contribution is -0.385. The standard InChI is InChI=1S/C17H19N3O6S2/c1-26-15-5-4-12(11-14(15)20(22)23)17(21)19-8-6-13(7-9-19)18-28(24,25)16-3-2-10-27-16/h2-5,10-11,13,18H,6-9H2,1H3. The number of likely N-dealkylation sites (tertiary alicyclic amines) is 1. The van der Waals surface area contributed by atoms with Crippen LogP contribution in [0.5, 0.6) is 5.75 Å². The van der Waals surface area contributed by atoms with Gasteiger partial charge in [0, 0.05) is 30.8 Å². The number of amides is 1. The molecule has 1 aromatic carbocycles. The largest absolute Gasteiger partial charge is 0.490 e. The molecule has 3 rings (SSSR count). The highest BCUT2D eigenvalue weighted by molar-refractivity contribution is 7.91. The van der Waals surface area contributed by atoms with Crippen LogP contribution in [0, 0.1) is 10.1 Å². The molecule has 1 aliphatic rings. The van der Waals surface area contributed by atoms with Crippen LogP contribution in [0.15, 0.2) is 39.9 Å². The monoisotopic (exact) mass is 425 g/mol. The molecule has 1 aliphatic heterocycles. The Balaban J connectivity index is 1.64. The van der Waals surface area contributed by atoms with Gasteiger partial charge in [-0.05, 0) is 36.4 Å². The molecule has 0 spiro atoms. The Bertz CT molecular complexity index is 967. The van der Waals surface area contributed by atoms with Gasteiger partial charge in [-0.1, -0.05) is 6.07 Å². The minimum atomic E-state index is -3.55. The number of methoxy groups -OCH3 is 1. The number of thiophene rings is 1. The summed E-state index contributed by atoms with van der Waals surface area (Å²) in [6.07, 6.45) is 0.934. The van der Waals surface area contributed by atoms with Crippen LogP contribution in [0.3, 0.4) is 0 Å². The number of nitrogens with zero attached hydrogens (tertiary/aromatic N) is 2. The zero-order valence-corrected chi connectivity index (χ0v) is 16.7. The Morgan fingerprint density at radius 2 is 2.04 bits per heavy atom. The minimum Gasteiger partial charge on any atom is -0.490 e. The molecule has 28 heavy (non-hydrogen) atoms. The first-order valence-electron chi connectivity index (χ1n) is 8.49. The Morgan fingerprint density at radius 1 is 1.32 bits per heavy atom. The average Bonchev–Trinajstić information content (AvgIpc) is 3.23. The lowest BCUT2D eigenvalue weighted by Gasteiger charge is -2.32. The topological polar surface area (TPSA) is 119 Å². The normalized spacial score (nSPS) is 15.4. The summed E-state index contributed by atoms with van der Waals surface area (Å²) in [5, 5.41) is 12.8. The van der Waals surface area contributed by atoms with Crippen molar-refractivity contribution >= 4 is 33.0 Å². The van der Waals surface area contributed by atoms with Crippen LogP contribution in [0.1, 0.15) is 23.2 Å². The number of carbonyl (C=O) groups is 1. The van der Waals surface area contributed by atoms with E-state index in [1.54, 1.807) is 22.4 Å². The SMILES string of the molecule is COc1ccc(C(=O)N2CCC(NS(=O)(=O)c3cccs3)CC2)cc1[N+](=O)[O-]. The number of benzene rings is 1. The van der Waals surface area contributed by atoms with Crippen molar-refractivity contribution in [1.29, 1.82) is 0 Å². The highest BCUT2D eigenvalue weighted by atomic mass is 32.2. The molecular formula is C17H19N3O6S2. The summed E-state index contributed by atoms with van der Waals surface area (Å²) >= 11 is 1.15. The molecule has 0 saturated carbocycles. The van der Waals surface area contributed by atoms with Crippen molar-refractivity contribution in [3.63, 3.8) is 0 Å². The fourth-order valence-electron chi connectivity index (χ4n) is 3.04. The van der Waals surface area contributed by atoms with Crippen LogP contribution < -0.4 is 9.46 Å². The molecule has 1 N–H and O–H groups in total. The molecule has 2 heterocycles. The smallest absolute Gasteiger partial charge is 0.311 e. The molecule has 1 aromatic heterocycles. The first kappa shape index (κ1) is 20.2. The van der Waals surface area contributed by atoms with Crippen LogP contribution in [0.25, 0.3) is 0 Å². The van der Waals surface area contributed by atoms with Crippen LogP contribution in [-0.4, -0.2) is 50.4 Å². The van der Waals surface area contributed by atoms with Crippen molar-refractivity contribution in [2.75, 3.05) is 20.2 Å². The van der Waals surface area contributed by atoms with E-state index in [0.717, 1.165) is 11.3 Å². The molecule has 0 radical (unpaired) electrons. The summed E-state index contributed by atoms with van der Waals surface area (Å²) < 4.78 is 32.5. The Labute approximate surface area is 166 Å². The van der Waals surface area contributed by atoms with Crippen molar-refractivity contribution < 1.29 is 22.9 Å². The number of piperidine rings is 1. The predicted octanol–water partition coefficient (Wildman–Crippen LogP) is 2.25. The molecule has 1 fully saturated rings. The number of hydrogen-bond acceptors (Lipinski definition) is 7. The number of hydrogen-bond donors (Lipinski definition) is 1. The van der Waals surface area contributed by atoms with Gasteiger partial charge in [-0.25, -0.2) is 13.1 Å². The second-order valence-corrected chi connectivity index (χ2v) is 9.15. The zero-order chi connectivity index (χ0) is 20.3. The van der Waals surface area contributed by atoms with Gasteiger partial charge in [0.2, 0.25) is 10.0 Å². The number of nitrogens with one attached hydrogen (secondary N) is 1. The van der Waals surface area contributed by atoms with Gasteiger partial charge in [0.25, 0.3) is 5.91 Å². The molecule has 0 bridgehead atoms. The molecule has 1 amide bonds. The zero-order valence-electron chi connectivity index (χ0n) is 15.0. The lowest BCUT2D eigenvalue weighted by atomic mass is 10.0. The first-order valence-corrected chi connectivity index (χ1v) is 10.9. The maximum absolute atomic E-state index is 12.7. The highest BCUT2D eigenvalue weighted by Gasteiger charge is 2.28. The second-order valence-electron chi connectivity index (χ2n) is 6.26. The predicted molar refractivity (Wildman–Crippen MR) is 103 cm³/mol. The van der Waals surface area contributed by atoms with E-state index in [-0.39, 0.29) is 33.2 Å². The molecule has 0 unspecified atom stereocenters. The number of nitro benzene ring substituents is 1. The summed E-state index contributed by atoms with van der Waals surface area (Å²) in [7, 11) is -2.23. The molecule has 2 aromatic rings. The van der Waals surface area contributed by atoms with Gasteiger partial charge in [-0.3, -0.25) is 14.9 Å². The van der Waals surface area contributed by atoms with Crippen LogP contribution in [0.4, 0.5) is 5.69 Å². The van der Waals surface area contributed by atoms with E-state index in [2.05, 4.69) is 4.72 Å². The number of nitro groups is 1. The summed E-state index contributed by atoms with van der Waals surface area (Å²) in [4.78, 5) is 24.8. The van der Waals surface area contributed by atoms with Gasteiger partial charge < -0.3 is 9.64 Å². The van der Waals surface area contributed by atoms with E-state index in [1.165, 1.54) is 25.3 Å². The van der Waals surface area contributed by atoms with Gasteiger partial charge in [0.15, 0.2) is 5.75 Å². The minimum absolute atomic E-state index is 0.0863. The lowest BCUT2D eigenvalue weighted by Crippen LogP contribution is -2.46. The summed E-state index contributed by atoms with van der Waals surface area (Å²) in [5.74, 6) is -0.242. The average molecular weight is 425 g/mol. The maximum Gasteiger partial charge on any atom is 0.311 e. The van der Waals surface area contributed by atoms with Gasteiger partial charge in [-0.15, -0.1) is 11.3 Å². The van der Waals surface area contributed by atoms with Crippen molar-refractivity contribution in [1.82, 2.24) is 9.62 Å². The van der Waals surface area contributed by atoms with Crippen LogP contribution >= 0.6 is 11.3 Å². The van der Waals surface area contributed by atoms with Gasteiger partial charge >= 0.3 is 5.69 Å². The maximum atomic E-state index is 12.7. The van der Waals surface area contributed by atoms with Gasteiger partial charge in [-0.2, -0.15) is 0 Å². The van der Waals surface area contributed by atoms with Crippen molar-refractivity contribution in [2.45, 2.75) is 23.1 Å². The van der Waals surface area contributed by atoms with E-state index in [4.69, 9.17) is 4.74 Å². The molecular weight excluding hydrogens is 406 g/mol. The first-order chi connectivity index (χ1) is 13.3. The van der Waals surface area contributed by atoms with E-state index in [1.807, 2.05) is 0 Å². The van der Waals surface area contributed by atoms with E-state index in [9.17, 15) is 23.3 Å². The molecule has 9 nitrogen and oxygen atoms in total. The quantitative estimate of drug-likeness (QED) is 0.560. The number of rotatable bonds is 6. The van der Waals surface area contributed by atoms with Gasteiger partial charge in [0.1, 0.15) is 4.21 Å². The third kappa shape index (κ3) is 4.32. The van der Waals surface area contributed by atoms with Crippen molar-refractivity contribution in [2.24, 2.45) is 0 Å². The fraction of sp³-hybridized carbons (Fsp3) is 0.353. The number of carbonyl (C=O) groups excluding carboxylic acids is 1. The summed E-state index contributed by atoms with van der Waals surface area (Å²) in [6.45, 7) is 0.715. The number of sulfonamides is 1. The van der Waals surface area contributed by atoms with E-state index >= 15 is 0 Å². The Morgan fingerprint density at radius 3 is 2.61 bits per heavy atom. The Kier molecular flexibility index (Phi) is 5.96. The Hall–Kier alpha value is -2.50. The fourth-order valence-corrected chi connectivity index (χ4v) is 5.36. The van der Waals surface area contributed by atoms with E-state index in [0.29, 0.717) is 25.9 Å². The van der Waals surface area contributed by atoms with Crippen LogP contribution in [0.2, 0.25) is 0 Å². The summed E-state index contributed by atoms with van der Waals surface area (Å²) in [6, 6.07) is 7.04. The molecule has 0 aliphatic carbocycles. The van der Waals surface area contributed by atoms with Crippen molar-refractivity contribution in [3.8, 4) is 5.75 Å². The second kappa shape index (κ2) is 8.25. The molecule has 150 valence electrons. The molecule has 1 saturated heterocycles. The molecule has 11 heteroatoms. The van der Waals surface area contributed by atoms with Gasteiger partial charge in [0.05, 0.1) is 12.0 Å². The summed E-state index contributed by atoms with van der Waals surface area (Å²) in [5.41, 5.74) is -0.0722. The van der Waals surface area contributed by atoms with E-state index < -0.39 is 14.9 Å². The van der Waals surface area contributed by atoms with Crippen LogP contribution in [-0.2, 0) is 10.0 Å².